The third kappa shape index (κ3) is 3.18. The Labute approximate surface area is 91.8 Å². The molecule has 1 heterocycles. The van der Waals surface area contributed by atoms with Gasteiger partial charge < -0.3 is 15.4 Å². The van der Waals surface area contributed by atoms with Gasteiger partial charge in [-0.2, -0.15) is 0 Å². The molecule has 0 bridgehead atoms. The quantitative estimate of drug-likeness (QED) is 0.702. The molecule has 0 aromatic rings. The number of methoxy groups -OCH3 is 1. The number of nitrogens with one attached hydrogen (secondary N) is 2. The van der Waals surface area contributed by atoms with Crippen molar-refractivity contribution in [3.05, 3.63) is 0 Å². The number of carbonyl (C=O) groups excluding carboxylic acids is 1. The lowest BCUT2D eigenvalue weighted by molar-refractivity contribution is -0.141. The highest BCUT2D eigenvalue weighted by Gasteiger charge is 2.31. The van der Waals surface area contributed by atoms with Crippen LogP contribution in [0.5, 0.6) is 0 Å². The lowest BCUT2D eigenvalue weighted by Crippen LogP contribution is -2.47. The molecule has 88 valence electrons. The van der Waals surface area contributed by atoms with Crippen LogP contribution in [0.3, 0.4) is 0 Å². The fraction of sp³-hybridized carbons (Fsp3) is 0.909. The molecule has 4 heteroatoms. The Bertz CT molecular complexity index is 209. The number of ether oxygens (including phenoxy) is 1. The summed E-state index contributed by atoms with van der Waals surface area (Å²) >= 11 is 0. The molecular formula is C11H22N2O2. The first-order chi connectivity index (χ1) is 7.12. The molecular weight excluding hydrogens is 192 g/mol. The summed E-state index contributed by atoms with van der Waals surface area (Å²) in [6.45, 7) is 6.62. The number of hydrogen-bond donors (Lipinski definition) is 2. The topological polar surface area (TPSA) is 50.4 Å². The van der Waals surface area contributed by atoms with Crippen LogP contribution in [0, 0.1) is 5.92 Å². The predicted octanol–water partition coefficient (Wildman–Crippen LogP) is 0.527. The summed E-state index contributed by atoms with van der Waals surface area (Å²) in [5.41, 5.74) is -0.675. The number of amides is 1. The molecule has 2 unspecified atom stereocenters. The van der Waals surface area contributed by atoms with E-state index in [1.165, 1.54) is 0 Å². The van der Waals surface area contributed by atoms with Gasteiger partial charge >= 0.3 is 0 Å². The maximum atomic E-state index is 11.8. The lowest BCUT2D eigenvalue weighted by atomic mass is 10.0. The van der Waals surface area contributed by atoms with Crippen LogP contribution in [0.1, 0.15) is 26.7 Å². The van der Waals surface area contributed by atoms with Crippen molar-refractivity contribution in [1.29, 1.82) is 0 Å². The van der Waals surface area contributed by atoms with Crippen molar-refractivity contribution >= 4 is 5.91 Å². The summed E-state index contributed by atoms with van der Waals surface area (Å²) in [6, 6.07) is 0. The summed E-state index contributed by atoms with van der Waals surface area (Å²) in [4.78, 5) is 11.8. The van der Waals surface area contributed by atoms with Crippen LogP contribution in [0.25, 0.3) is 0 Å². The first kappa shape index (κ1) is 12.5. The lowest BCUT2D eigenvalue weighted by Gasteiger charge is -2.25. The van der Waals surface area contributed by atoms with Gasteiger partial charge in [0.25, 0.3) is 5.91 Å². The molecule has 1 aliphatic heterocycles. The van der Waals surface area contributed by atoms with E-state index in [4.69, 9.17) is 4.74 Å². The fourth-order valence-corrected chi connectivity index (χ4v) is 1.71. The smallest absolute Gasteiger partial charge is 0.251 e. The molecule has 1 aliphatic rings. The van der Waals surface area contributed by atoms with Gasteiger partial charge in [0, 0.05) is 13.7 Å². The average molecular weight is 214 g/mol. The van der Waals surface area contributed by atoms with Crippen molar-refractivity contribution in [3.63, 3.8) is 0 Å². The van der Waals surface area contributed by atoms with Gasteiger partial charge in [-0.25, -0.2) is 0 Å². The number of hydrogen-bond acceptors (Lipinski definition) is 3. The van der Waals surface area contributed by atoms with E-state index >= 15 is 0 Å². The van der Waals surface area contributed by atoms with Crippen LogP contribution >= 0.6 is 0 Å². The Morgan fingerprint density at radius 3 is 2.87 bits per heavy atom. The molecule has 1 saturated heterocycles. The minimum absolute atomic E-state index is 0.000556. The van der Waals surface area contributed by atoms with Crippen LogP contribution < -0.4 is 10.6 Å². The van der Waals surface area contributed by atoms with E-state index in [2.05, 4.69) is 10.6 Å². The first-order valence-electron chi connectivity index (χ1n) is 5.66. The van der Waals surface area contributed by atoms with E-state index in [9.17, 15) is 4.79 Å². The normalized spacial score (nSPS) is 24.9. The van der Waals surface area contributed by atoms with Crippen molar-refractivity contribution in [3.8, 4) is 0 Å². The highest BCUT2D eigenvalue weighted by molar-refractivity contribution is 5.84. The van der Waals surface area contributed by atoms with Gasteiger partial charge in [0.2, 0.25) is 0 Å². The van der Waals surface area contributed by atoms with E-state index in [1.54, 1.807) is 7.11 Å². The molecule has 0 aromatic carbocycles. The highest BCUT2D eigenvalue weighted by atomic mass is 16.5. The minimum Gasteiger partial charge on any atom is -0.369 e. The van der Waals surface area contributed by atoms with Crippen LogP contribution in [-0.2, 0) is 9.53 Å². The van der Waals surface area contributed by atoms with Gasteiger partial charge in [-0.15, -0.1) is 0 Å². The van der Waals surface area contributed by atoms with Gasteiger partial charge in [-0.3, -0.25) is 4.79 Å². The molecule has 4 nitrogen and oxygen atoms in total. The van der Waals surface area contributed by atoms with Crippen molar-refractivity contribution in [2.24, 2.45) is 5.92 Å². The second-order valence-corrected chi connectivity index (χ2v) is 4.36. The van der Waals surface area contributed by atoms with E-state index in [0.717, 1.165) is 26.1 Å². The monoisotopic (exact) mass is 214 g/mol. The zero-order chi connectivity index (χ0) is 11.3. The van der Waals surface area contributed by atoms with Gasteiger partial charge in [0.15, 0.2) is 0 Å². The second-order valence-electron chi connectivity index (χ2n) is 4.36. The van der Waals surface area contributed by atoms with Crippen LogP contribution in [-0.4, -0.2) is 38.3 Å². The SMILES string of the molecule is CCC(C)(OC)C(=O)NCC1CCNC1. The zero-order valence-electron chi connectivity index (χ0n) is 9.93. The van der Waals surface area contributed by atoms with Crippen molar-refractivity contribution < 1.29 is 9.53 Å². The summed E-state index contributed by atoms with van der Waals surface area (Å²) in [5.74, 6) is 0.575. The molecule has 0 spiro atoms. The van der Waals surface area contributed by atoms with Crippen molar-refractivity contribution in [1.82, 2.24) is 10.6 Å². The Morgan fingerprint density at radius 1 is 1.67 bits per heavy atom. The van der Waals surface area contributed by atoms with Gasteiger partial charge in [-0.1, -0.05) is 6.92 Å². The molecule has 0 radical (unpaired) electrons. The van der Waals surface area contributed by atoms with Crippen LogP contribution in [0.15, 0.2) is 0 Å². The van der Waals surface area contributed by atoms with Crippen LogP contribution in [0.4, 0.5) is 0 Å². The Hall–Kier alpha value is -0.610. The third-order valence-electron chi connectivity index (χ3n) is 3.32. The molecule has 15 heavy (non-hydrogen) atoms. The predicted molar refractivity (Wildman–Crippen MR) is 59.7 cm³/mol. The molecule has 2 N–H and O–H groups in total. The molecule has 0 aromatic heterocycles. The molecule has 1 rings (SSSR count). The summed E-state index contributed by atoms with van der Waals surface area (Å²) in [5, 5.41) is 6.24. The highest BCUT2D eigenvalue weighted by Crippen LogP contribution is 2.14. The standard InChI is InChI=1S/C11H22N2O2/c1-4-11(2,15-3)10(14)13-8-9-5-6-12-7-9/h9,12H,4-8H2,1-3H3,(H,13,14). The van der Waals surface area contributed by atoms with Gasteiger partial charge in [-0.05, 0) is 38.8 Å². The summed E-state index contributed by atoms with van der Waals surface area (Å²) in [7, 11) is 1.58. The fourth-order valence-electron chi connectivity index (χ4n) is 1.71. The number of rotatable bonds is 5. The van der Waals surface area contributed by atoms with E-state index in [0.29, 0.717) is 12.3 Å². The molecule has 2 atom stereocenters. The van der Waals surface area contributed by atoms with Gasteiger partial charge in [0.1, 0.15) is 5.60 Å². The number of carbonyl (C=O) groups is 1. The van der Waals surface area contributed by atoms with E-state index < -0.39 is 5.60 Å². The third-order valence-corrected chi connectivity index (χ3v) is 3.32. The Morgan fingerprint density at radius 2 is 2.40 bits per heavy atom. The minimum atomic E-state index is -0.675. The molecule has 0 aliphatic carbocycles. The maximum absolute atomic E-state index is 11.8. The summed E-state index contributed by atoms with van der Waals surface area (Å²) in [6.07, 6.45) is 1.84. The van der Waals surface area contributed by atoms with E-state index in [1.807, 2.05) is 13.8 Å². The Kier molecular flexibility index (Phi) is 4.54. The molecule has 0 saturated carbocycles. The van der Waals surface area contributed by atoms with Crippen molar-refractivity contribution in [2.75, 3.05) is 26.7 Å². The summed E-state index contributed by atoms with van der Waals surface area (Å²) < 4.78 is 5.24. The van der Waals surface area contributed by atoms with Crippen molar-refractivity contribution in [2.45, 2.75) is 32.3 Å². The maximum Gasteiger partial charge on any atom is 0.251 e. The zero-order valence-corrected chi connectivity index (χ0v) is 9.93. The van der Waals surface area contributed by atoms with Crippen LogP contribution in [0.2, 0.25) is 0 Å². The second kappa shape index (κ2) is 5.47. The van der Waals surface area contributed by atoms with Gasteiger partial charge in [0.05, 0.1) is 0 Å². The molecule has 1 fully saturated rings. The largest absolute Gasteiger partial charge is 0.369 e. The van der Waals surface area contributed by atoms with E-state index in [-0.39, 0.29) is 5.91 Å². The molecule has 1 amide bonds. The Balaban J connectivity index is 2.33. The average Bonchev–Trinajstić information content (AvgIpc) is 2.77. The first-order valence-corrected chi connectivity index (χ1v) is 5.66.